The van der Waals surface area contributed by atoms with Crippen LogP contribution in [0.5, 0.6) is 0 Å². The SMILES string of the molecule is C=C/C=C\C(=C/C=C)NCC(=C)C(N)=O. The van der Waals surface area contributed by atoms with Gasteiger partial charge in [0, 0.05) is 17.8 Å². The van der Waals surface area contributed by atoms with Crippen molar-refractivity contribution in [3.8, 4) is 0 Å². The fourth-order valence-corrected chi connectivity index (χ4v) is 0.768. The van der Waals surface area contributed by atoms with E-state index in [4.69, 9.17) is 5.73 Å². The molecule has 1 amide bonds. The van der Waals surface area contributed by atoms with Crippen LogP contribution < -0.4 is 11.1 Å². The fourth-order valence-electron chi connectivity index (χ4n) is 0.768. The van der Waals surface area contributed by atoms with Crippen LogP contribution in [0.1, 0.15) is 0 Å². The van der Waals surface area contributed by atoms with Gasteiger partial charge in [0.25, 0.3) is 0 Å². The van der Waals surface area contributed by atoms with Crippen LogP contribution >= 0.6 is 0 Å². The molecule has 3 N–H and O–H groups in total. The Balaban J connectivity index is 4.31. The van der Waals surface area contributed by atoms with Gasteiger partial charge in [-0.05, 0) is 12.2 Å². The minimum atomic E-state index is -0.506. The highest BCUT2D eigenvalue weighted by atomic mass is 16.1. The molecule has 0 saturated carbocycles. The molecule has 0 unspecified atom stereocenters. The van der Waals surface area contributed by atoms with Crippen LogP contribution in [-0.4, -0.2) is 12.5 Å². The Hall–Kier alpha value is -2.03. The molecule has 0 aliphatic rings. The van der Waals surface area contributed by atoms with Crippen LogP contribution in [0.3, 0.4) is 0 Å². The van der Waals surface area contributed by atoms with Crippen molar-refractivity contribution in [2.75, 3.05) is 6.54 Å². The molecule has 0 aromatic heterocycles. The summed E-state index contributed by atoms with van der Waals surface area (Å²) in [7, 11) is 0. The third-order valence-electron chi connectivity index (χ3n) is 1.56. The maximum absolute atomic E-state index is 10.7. The summed E-state index contributed by atoms with van der Waals surface area (Å²) >= 11 is 0. The van der Waals surface area contributed by atoms with Crippen molar-refractivity contribution in [3.05, 3.63) is 61.4 Å². The highest BCUT2D eigenvalue weighted by Gasteiger charge is 2.00. The highest BCUT2D eigenvalue weighted by molar-refractivity contribution is 5.91. The number of carbonyl (C=O) groups is 1. The first-order valence-corrected chi connectivity index (χ1v) is 4.45. The van der Waals surface area contributed by atoms with Crippen LogP contribution in [0.25, 0.3) is 0 Å². The van der Waals surface area contributed by atoms with Gasteiger partial charge in [-0.3, -0.25) is 4.79 Å². The van der Waals surface area contributed by atoms with E-state index in [1.165, 1.54) is 0 Å². The molecule has 0 aliphatic heterocycles. The monoisotopic (exact) mass is 204 g/mol. The molecule has 0 aromatic carbocycles. The van der Waals surface area contributed by atoms with E-state index < -0.39 is 5.91 Å². The summed E-state index contributed by atoms with van der Waals surface area (Å²) in [5, 5.41) is 2.99. The number of hydrogen-bond donors (Lipinski definition) is 2. The lowest BCUT2D eigenvalue weighted by Crippen LogP contribution is -2.23. The quantitative estimate of drug-likeness (QED) is 0.487. The van der Waals surface area contributed by atoms with Crippen molar-refractivity contribution < 1.29 is 4.79 Å². The van der Waals surface area contributed by atoms with Crippen LogP contribution in [0.15, 0.2) is 61.4 Å². The predicted octanol–water partition coefficient (Wildman–Crippen LogP) is 1.43. The van der Waals surface area contributed by atoms with E-state index in [1.807, 2.05) is 6.08 Å². The van der Waals surface area contributed by atoms with E-state index >= 15 is 0 Å². The minimum Gasteiger partial charge on any atom is -0.381 e. The molecule has 0 saturated heterocycles. The molecule has 0 rings (SSSR count). The van der Waals surface area contributed by atoms with Gasteiger partial charge in [0.15, 0.2) is 0 Å². The number of nitrogens with one attached hydrogen (secondary N) is 1. The van der Waals surface area contributed by atoms with Crippen molar-refractivity contribution in [3.63, 3.8) is 0 Å². The van der Waals surface area contributed by atoms with Gasteiger partial charge in [-0.2, -0.15) is 0 Å². The molecule has 3 heteroatoms. The predicted molar refractivity (Wildman–Crippen MR) is 64.0 cm³/mol. The van der Waals surface area contributed by atoms with Crippen molar-refractivity contribution in [1.29, 1.82) is 0 Å². The molecule has 0 bridgehead atoms. The maximum Gasteiger partial charge on any atom is 0.245 e. The van der Waals surface area contributed by atoms with E-state index in [0.717, 1.165) is 5.70 Å². The zero-order chi connectivity index (χ0) is 11.7. The Morgan fingerprint density at radius 1 is 1.33 bits per heavy atom. The van der Waals surface area contributed by atoms with Gasteiger partial charge >= 0.3 is 0 Å². The average molecular weight is 204 g/mol. The molecule has 0 heterocycles. The van der Waals surface area contributed by atoms with Gasteiger partial charge in [-0.1, -0.05) is 38.0 Å². The fraction of sp³-hybridized carbons (Fsp3) is 0.0833. The second kappa shape index (κ2) is 7.38. The number of primary amides is 1. The Kier molecular flexibility index (Phi) is 6.38. The average Bonchev–Trinajstić information content (AvgIpc) is 2.21. The number of amides is 1. The Labute approximate surface area is 90.4 Å². The normalized spacial score (nSPS) is 11.1. The van der Waals surface area contributed by atoms with Gasteiger partial charge in [0.2, 0.25) is 5.91 Å². The minimum absolute atomic E-state index is 0.316. The van der Waals surface area contributed by atoms with Gasteiger partial charge in [-0.25, -0.2) is 0 Å². The van der Waals surface area contributed by atoms with Crippen LogP contribution in [0.4, 0.5) is 0 Å². The molecule has 3 nitrogen and oxygen atoms in total. The second-order valence-electron chi connectivity index (χ2n) is 2.77. The van der Waals surface area contributed by atoms with Gasteiger partial charge < -0.3 is 11.1 Å². The summed E-state index contributed by atoms with van der Waals surface area (Å²) in [4.78, 5) is 10.7. The zero-order valence-electron chi connectivity index (χ0n) is 8.70. The zero-order valence-corrected chi connectivity index (χ0v) is 8.70. The molecule has 0 radical (unpaired) electrons. The number of hydrogen-bond acceptors (Lipinski definition) is 2. The molecule has 15 heavy (non-hydrogen) atoms. The molecule has 0 fully saturated rings. The van der Waals surface area contributed by atoms with Gasteiger partial charge in [-0.15, -0.1) is 0 Å². The molecule has 80 valence electrons. The lowest BCUT2D eigenvalue weighted by molar-refractivity contribution is -0.114. The Morgan fingerprint density at radius 2 is 2.00 bits per heavy atom. The van der Waals surface area contributed by atoms with Crippen LogP contribution in [-0.2, 0) is 4.79 Å². The van der Waals surface area contributed by atoms with Gasteiger partial charge in [0.05, 0.1) is 0 Å². The lowest BCUT2D eigenvalue weighted by Gasteiger charge is -2.06. The van der Waals surface area contributed by atoms with Gasteiger partial charge in [0.1, 0.15) is 0 Å². The first-order chi connectivity index (χ1) is 7.11. The van der Waals surface area contributed by atoms with E-state index in [-0.39, 0.29) is 0 Å². The second-order valence-corrected chi connectivity index (χ2v) is 2.77. The number of allylic oxidation sites excluding steroid dienone is 5. The summed E-state index contributed by atoms with van der Waals surface area (Å²) in [6.07, 6.45) is 8.65. The van der Waals surface area contributed by atoms with Crippen LogP contribution in [0.2, 0.25) is 0 Å². The van der Waals surface area contributed by atoms with Crippen LogP contribution in [0, 0.1) is 0 Å². The van der Waals surface area contributed by atoms with Crippen molar-refractivity contribution in [1.82, 2.24) is 5.32 Å². The van der Waals surface area contributed by atoms with Crippen molar-refractivity contribution in [2.45, 2.75) is 0 Å². The molecule has 0 aromatic rings. The largest absolute Gasteiger partial charge is 0.381 e. The summed E-state index contributed by atoms with van der Waals surface area (Å²) in [5.74, 6) is -0.506. The third-order valence-corrected chi connectivity index (χ3v) is 1.56. The first kappa shape index (κ1) is 13.0. The highest BCUT2D eigenvalue weighted by Crippen LogP contribution is 1.95. The standard InChI is InChI=1S/C12H16N2O/c1-4-6-8-11(7-5-2)14-9-10(3)12(13)15/h4-8,14H,1-3,9H2,(H2,13,15)/b8-6-,11-7+. The number of rotatable bonds is 7. The number of carbonyl (C=O) groups excluding carboxylic acids is 1. The summed E-state index contributed by atoms with van der Waals surface area (Å²) in [6.45, 7) is 11.0. The van der Waals surface area contributed by atoms with Crippen molar-refractivity contribution in [2.24, 2.45) is 5.73 Å². The maximum atomic E-state index is 10.7. The number of nitrogens with two attached hydrogens (primary N) is 1. The van der Waals surface area contributed by atoms with E-state index in [0.29, 0.717) is 12.1 Å². The third kappa shape index (κ3) is 6.10. The molecule has 0 spiro atoms. The van der Waals surface area contributed by atoms with E-state index in [2.05, 4.69) is 25.1 Å². The molecular weight excluding hydrogens is 188 g/mol. The summed E-state index contributed by atoms with van der Waals surface area (Å²) < 4.78 is 0. The molecule has 0 aliphatic carbocycles. The molecular formula is C12H16N2O. The summed E-state index contributed by atoms with van der Waals surface area (Å²) in [5.41, 5.74) is 6.19. The topological polar surface area (TPSA) is 55.1 Å². The van der Waals surface area contributed by atoms with Crippen molar-refractivity contribution >= 4 is 5.91 Å². The first-order valence-electron chi connectivity index (χ1n) is 4.45. The lowest BCUT2D eigenvalue weighted by atomic mass is 10.2. The molecule has 0 atom stereocenters. The van der Waals surface area contributed by atoms with E-state index in [1.54, 1.807) is 24.3 Å². The Bertz CT molecular complexity index is 325. The Morgan fingerprint density at radius 3 is 2.47 bits per heavy atom. The summed E-state index contributed by atoms with van der Waals surface area (Å²) in [6, 6.07) is 0. The van der Waals surface area contributed by atoms with E-state index in [9.17, 15) is 4.79 Å². The smallest absolute Gasteiger partial charge is 0.245 e.